The second-order valence-electron chi connectivity index (χ2n) is 6.80. The first kappa shape index (κ1) is 18.5. The number of oxazole rings is 1. The number of hydrogen-bond donors (Lipinski definition) is 0. The monoisotopic (exact) mass is 410 g/mol. The standard InChI is InChI=1S/C24H18N4OS/c1-16(23-25-19-14-8-9-15-20(19)29-23)30-24-26-21(17-10-4-2-5-11-17)22(27-28-24)18-12-6-3-7-13-18/h2-16H,1H3. The molecule has 0 aliphatic carbocycles. The third-order valence-corrected chi connectivity index (χ3v) is 5.64. The van der Waals surface area contributed by atoms with Crippen molar-refractivity contribution in [3.63, 3.8) is 0 Å². The largest absolute Gasteiger partial charge is 0.439 e. The highest BCUT2D eigenvalue weighted by atomic mass is 32.2. The van der Waals surface area contributed by atoms with Crippen molar-refractivity contribution in [3.8, 4) is 22.5 Å². The minimum absolute atomic E-state index is 0.0506. The van der Waals surface area contributed by atoms with Crippen LogP contribution in [0.25, 0.3) is 33.6 Å². The van der Waals surface area contributed by atoms with Crippen LogP contribution < -0.4 is 0 Å². The van der Waals surface area contributed by atoms with E-state index in [-0.39, 0.29) is 5.25 Å². The van der Waals surface area contributed by atoms with E-state index in [4.69, 9.17) is 9.40 Å². The molecule has 2 aromatic heterocycles. The van der Waals surface area contributed by atoms with Gasteiger partial charge in [-0.3, -0.25) is 0 Å². The van der Waals surface area contributed by atoms with Crippen LogP contribution in [0.1, 0.15) is 18.1 Å². The average Bonchev–Trinajstić information content (AvgIpc) is 3.25. The maximum atomic E-state index is 5.90. The predicted molar refractivity (Wildman–Crippen MR) is 119 cm³/mol. The van der Waals surface area contributed by atoms with Crippen molar-refractivity contribution in [1.82, 2.24) is 20.2 Å². The second-order valence-corrected chi connectivity index (χ2v) is 8.11. The van der Waals surface area contributed by atoms with Gasteiger partial charge in [-0.15, -0.1) is 10.2 Å². The van der Waals surface area contributed by atoms with E-state index in [9.17, 15) is 0 Å². The molecule has 5 aromatic rings. The minimum atomic E-state index is -0.0506. The van der Waals surface area contributed by atoms with Crippen LogP contribution in [0.15, 0.2) is 94.5 Å². The molecular weight excluding hydrogens is 392 g/mol. The molecule has 2 heterocycles. The molecule has 30 heavy (non-hydrogen) atoms. The van der Waals surface area contributed by atoms with Crippen molar-refractivity contribution >= 4 is 22.9 Å². The van der Waals surface area contributed by atoms with Crippen LogP contribution in [0.3, 0.4) is 0 Å². The zero-order valence-electron chi connectivity index (χ0n) is 16.3. The molecule has 146 valence electrons. The highest BCUT2D eigenvalue weighted by Gasteiger charge is 2.19. The Morgan fingerprint density at radius 2 is 1.33 bits per heavy atom. The fourth-order valence-corrected chi connectivity index (χ4v) is 3.97. The average molecular weight is 411 g/mol. The Morgan fingerprint density at radius 1 is 0.700 bits per heavy atom. The molecule has 5 rings (SSSR count). The number of fused-ring (bicyclic) bond motifs is 1. The van der Waals surface area contributed by atoms with Crippen molar-refractivity contribution in [2.45, 2.75) is 17.3 Å². The topological polar surface area (TPSA) is 64.7 Å². The van der Waals surface area contributed by atoms with E-state index in [2.05, 4.69) is 15.2 Å². The normalized spacial score (nSPS) is 12.2. The molecule has 0 N–H and O–H groups in total. The van der Waals surface area contributed by atoms with Gasteiger partial charge >= 0.3 is 0 Å². The van der Waals surface area contributed by atoms with Gasteiger partial charge in [0.15, 0.2) is 5.58 Å². The van der Waals surface area contributed by atoms with Crippen molar-refractivity contribution in [1.29, 1.82) is 0 Å². The molecule has 0 aliphatic heterocycles. The maximum Gasteiger partial charge on any atom is 0.210 e. The molecular formula is C24H18N4OS. The lowest BCUT2D eigenvalue weighted by Gasteiger charge is -2.11. The lowest BCUT2D eigenvalue weighted by Crippen LogP contribution is -2.00. The molecule has 0 spiro atoms. The van der Waals surface area contributed by atoms with E-state index in [1.54, 1.807) is 0 Å². The van der Waals surface area contributed by atoms with Crippen molar-refractivity contribution in [2.75, 3.05) is 0 Å². The van der Waals surface area contributed by atoms with Gasteiger partial charge in [0.05, 0.1) is 5.25 Å². The zero-order chi connectivity index (χ0) is 20.3. The molecule has 0 amide bonds. The van der Waals surface area contributed by atoms with Gasteiger partial charge in [-0.05, 0) is 19.1 Å². The molecule has 0 fully saturated rings. The number of benzene rings is 3. The quantitative estimate of drug-likeness (QED) is 0.321. The van der Waals surface area contributed by atoms with Crippen LogP contribution in [-0.4, -0.2) is 20.2 Å². The Balaban J connectivity index is 1.51. The van der Waals surface area contributed by atoms with E-state index in [1.165, 1.54) is 11.8 Å². The summed E-state index contributed by atoms with van der Waals surface area (Å²) in [5.41, 5.74) is 5.19. The van der Waals surface area contributed by atoms with E-state index >= 15 is 0 Å². The Labute approximate surface area is 178 Å². The highest BCUT2D eigenvalue weighted by molar-refractivity contribution is 7.99. The first-order chi connectivity index (χ1) is 14.8. The molecule has 1 atom stereocenters. The molecule has 0 saturated heterocycles. The summed E-state index contributed by atoms with van der Waals surface area (Å²) in [5, 5.41) is 9.46. The third kappa shape index (κ3) is 3.69. The van der Waals surface area contributed by atoms with Crippen LogP contribution in [0.4, 0.5) is 0 Å². The SMILES string of the molecule is CC(Sc1nnc(-c2ccccc2)c(-c2ccccc2)n1)c1nc2ccccc2o1. The number of rotatable bonds is 5. The summed E-state index contributed by atoms with van der Waals surface area (Å²) < 4.78 is 5.90. The Hall–Kier alpha value is -3.51. The Morgan fingerprint density at radius 3 is 2.03 bits per heavy atom. The molecule has 0 aliphatic rings. The Bertz CT molecular complexity index is 1260. The second kappa shape index (κ2) is 8.08. The highest BCUT2D eigenvalue weighted by Crippen LogP contribution is 2.36. The smallest absolute Gasteiger partial charge is 0.210 e. The summed E-state index contributed by atoms with van der Waals surface area (Å²) in [6.45, 7) is 2.03. The minimum Gasteiger partial charge on any atom is -0.439 e. The first-order valence-corrected chi connectivity index (χ1v) is 10.5. The molecule has 1 unspecified atom stereocenters. The van der Waals surface area contributed by atoms with Gasteiger partial charge in [0.25, 0.3) is 0 Å². The van der Waals surface area contributed by atoms with Crippen LogP contribution >= 0.6 is 11.8 Å². The summed E-state index contributed by atoms with van der Waals surface area (Å²) in [4.78, 5) is 9.45. The van der Waals surface area contributed by atoms with Crippen LogP contribution in [-0.2, 0) is 0 Å². The maximum absolute atomic E-state index is 5.90. The van der Waals surface area contributed by atoms with Gasteiger partial charge in [0, 0.05) is 11.1 Å². The summed E-state index contributed by atoms with van der Waals surface area (Å²) in [6, 6.07) is 27.8. The van der Waals surface area contributed by atoms with Crippen molar-refractivity contribution in [3.05, 3.63) is 90.8 Å². The molecule has 6 heteroatoms. The van der Waals surface area contributed by atoms with Crippen molar-refractivity contribution in [2.24, 2.45) is 0 Å². The molecule has 0 saturated carbocycles. The fraction of sp³-hybridized carbons (Fsp3) is 0.0833. The Kier molecular flexibility index (Phi) is 4.99. The van der Waals surface area contributed by atoms with Gasteiger partial charge in [-0.25, -0.2) is 9.97 Å². The number of hydrogen-bond acceptors (Lipinski definition) is 6. The van der Waals surface area contributed by atoms with E-state index in [0.29, 0.717) is 11.0 Å². The number of nitrogens with zero attached hydrogens (tertiary/aromatic N) is 4. The molecule has 3 aromatic carbocycles. The number of thioether (sulfide) groups is 1. The van der Waals surface area contributed by atoms with Gasteiger partial charge in [0.1, 0.15) is 16.9 Å². The van der Waals surface area contributed by atoms with Gasteiger partial charge in [0.2, 0.25) is 11.0 Å². The lowest BCUT2D eigenvalue weighted by atomic mass is 10.0. The summed E-state index contributed by atoms with van der Waals surface area (Å²) in [5.74, 6) is 0.651. The lowest BCUT2D eigenvalue weighted by molar-refractivity contribution is 0.533. The third-order valence-electron chi connectivity index (χ3n) is 4.70. The first-order valence-electron chi connectivity index (χ1n) is 9.65. The summed E-state index contributed by atoms with van der Waals surface area (Å²) in [6.07, 6.45) is 0. The van der Waals surface area contributed by atoms with E-state index in [1.807, 2.05) is 91.9 Å². The summed E-state index contributed by atoms with van der Waals surface area (Å²) >= 11 is 1.48. The van der Waals surface area contributed by atoms with E-state index < -0.39 is 0 Å². The van der Waals surface area contributed by atoms with Crippen LogP contribution in [0.2, 0.25) is 0 Å². The van der Waals surface area contributed by atoms with Gasteiger partial charge < -0.3 is 4.42 Å². The number of aromatic nitrogens is 4. The van der Waals surface area contributed by atoms with Gasteiger partial charge in [-0.2, -0.15) is 0 Å². The van der Waals surface area contributed by atoms with Crippen molar-refractivity contribution < 1.29 is 4.42 Å². The summed E-state index contributed by atoms with van der Waals surface area (Å²) in [7, 11) is 0. The molecule has 0 bridgehead atoms. The van der Waals surface area contributed by atoms with Crippen LogP contribution in [0, 0.1) is 0 Å². The predicted octanol–water partition coefficient (Wildman–Crippen LogP) is 6.20. The van der Waals surface area contributed by atoms with E-state index in [0.717, 1.165) is 33.6 Å². The van der Waals surface area contributed by atoms with Crippen LogP contribution in [0.5, 0.6) is 0 Å². The zero-order valence-corrected chi connectivity index (χ0v) is 17.1. The fourth-order valence-electron chi connectivity index (χ4n) is 3.22. The number of para-hydroxylation sites is 2. The molecule has 0 radical (unpaired) electrons. The van der Waals surface area contributed by atoms with Gasteiger partial charge in [-0.1, -0.05) is 84.6 Å². The molecule has 5 nitrogen and oxygen atoms in total.